The smallest absolute Gasteiger partial charge is 0.303 e. The molecule has 122 valence electrons. The summed E-state index contributed by atoms with van der Waals surface area (Å²) in [6.07, 6.45) is 11.9. The van der Waals surface area contributed by atoms with E-state index in [1.165, 1.54) is 51.4 Å². The van der Waals surface area contributed by atoms with Crippen LogP contribution in [0.3, 0.4) is 0 Å². The third-order valence-corrected chi connectivity index (χ3v) is 3.40. The summed E-state index contributed by atoms with van der Waals surface area (Å²) in [5, 5.41) is 16.8. The number of rotatable bonds is 11. The first-order chi connectivity index (χ1) is 9.43. The van der Waals surface area contributed by atoms with Gasteiger partial charge in [0.25, 0.3) is 0 Å². The summed E-state index contributed by atoms with van der Waals surface area (Å²) < 4.78 is 0. The van der Waals surface area contributed by atoms with Crippen molar-refractivity contribution in [2.24, 2.45) is 5.92 Å². The highest BCUT2D eigenvalue weighted by Gasteiger charge is 2.00. The molecular weight excluding hydrogens is 252 g/mol. The second-order valence-corrected chi connectivity index (χ2v) is 5.84. The number of aliphatic hydroxyl groups excluding tert-OH is 1. The van der Waals surface area contributed by atoms with Crippen LogP contribution in [0.1, 0.15) is 91.9 Å². The van der Waals surface area contributed by atoms with Crippen molar-refractivity contribution >= 4 is 5.97 Å². The Morgan fingerprint density at radius 3 is 1.75 bits per heavy atom. The molecule has 0 spiro atoms. The Bertz CT molecular complexity index is 202. The molecule has 0 aromatic heterocycles. The monoisotopic (exact) mass is 288 g/mol. The fourth-order valence-corrected chi connectivity index (χ4v) is 2.10. The lowest BCUT2D eigenvalue weighted by molar-refractivity contribution is -0.136. The zero-order valence-electron chi connectivity index (χ0n) is 14.0. The zero-order chi connectivity index (χ0) is 15.8. The van der Waals surface area contributed by atoms with E-state index in [4.69, 9.17) is 10.2 Å². The van der Waals surface area contributed by atoms with Gasteiger partial charge in [-0.2, -0.15) is 0 Å². The highest BCUT2D eigenvalue weighted by atomic mass is 16.4. The van der Waals surface area contributed by atoms with Gasteiger partial charge in [0.1, 0.15) is 0 Å². The Morgan fingerprint density at radius 2 is 1.35 bits per heavy atom. The second-order valence-electron chi connectivity index (χ2n) is 5.84. The first-order valence-electron chi connectivity index (χ1n) is 8.33. The van der Waals surface area contributed by atoms with Crippen LogP contribution >= 0.6 is 0 Å². The average molecular weight is 288 g/mol. The van der Waals surface area contributed by atoms with Gasteiger partial charge in [0.05, 0.1) is 6.10 Å². The molecule has 0 saturated heterocycles. The van der Waals surface area contributed by atoms with Gasteiger partial charge in [0.2, 0.25) is 0 Å². The van der Waals surface area contributed by atoms with E-state index in [0.717, 1.165) is 12.3 Å². The maximum Gasteiger partial charge on any atom is 0.303 e. The van der Waals surface area contributed by atoms with E-state index >= 15 is 0 Å². The molecule has 0 fully saturated rings. The molecule has 0 aliphatic carbocycles. The van der Waals surface area contributed by atoms with Crippen molar-refractivity contribution in [3.05, 3.63) is 0 Å². The Kier molecular flexibility index (Phi) is 17.9. The van der Waals surface area contributed by atoms with Crippen LogP contribution in [0.5, 0.6) is 0 Å². The number of aliphatic carboxylic acids is 1. The molecule has 0 aromatic rings. The summed E-state index contributed by atoms with van der Waals surface area (Å²) in [6, 6.07) is 0. The van der Waals surface area contributed by atoms with Crippen molar-refractivity contribution in [2.45, 2.75) is 98.0 Å². The lowest BCUT2D eigenvalue weighted by Gasteiger charge is -2.09. The van der Waals surface area contributed by atoms with Crippen molar-refractivity contribution in [1.82, 2.24) is 0 Å². The maximum absolute atomic E-state index is 9.37. The molecule has 0 rings (SSSR count). The summed E-state index contributed by atoms with van der Waals surface area (Å²) in [4.78, 5) is 9.37. The molecule has 0 heterocycles. The highest BCUT2D eigenvalue weighted by molar-refractivity contribution is 5.66. The van der Waals surface area contributed by atoms with Crippen LogP contribution in [0.25, 0.3) is 0 Å². The second kappa shape index (κ2) is 16.5. The van der Waals surface area contributed by atoms with Gasteiger partial charge in [-0.05, 0) is 19.3 Å². The van der Waals surface area contributed by atoms with Crippen molar-refractivity contribution < 1.29 is 15.0 Å². The van der Waals surface area contributed by atoms with Crippen LogP contribution in [0.2, 0.25) is 0 Å². The fourth-order valence-electron chi connectivity index (χ4n) is 2.10. The molecule has 0 amide bonds. The number of unbranched alkanes of at least 4 members (excludes halogenated alkanes) is 4. The summed E-state index contributed by atoms with van der Waals surface area (Å²) in [7, 11) is 0. The lowest BCUT2D eigenvalue weighted by Crippen LogP contribution is -1.98. The molecular formula is C17H36O3. The number of hydrogen-bond donors (Lipinski definition) is 2. The van der Waals surface area contributed by atoms with Crippen molar-refractivity contribution in [3.63, 3.8) is 0 Å². The van der Waals surface area contributed by atoms with Crippen molar-refractivity contribution in [1.29, 1.82) is 0 Å². The maximum atomic E-state index is 9.37. The average Bonchev–Trinajstić information content (AvgIpc) is 2.38. The van der Waals surface area contributed by atoms with Crippen molar-refractivity contribution in [2.75, 3.05) is 0 Å². The Hall–Kier alpha value is -0.570. The van der Waals surface area contributed by atoms with E-state index in [0.29, 0.717) is 0 Å². The Balaban J connectivity index is 0. The number of carboxylic acids is 1. The van der Waals surface area contributed by atoms with Gasteiger partial charge >= 0.3 is 5.97 Å². The third kappa shape index (κ3) is 22.6. The van der Waals surface area contributed by atoms with Gasteiger partial charge in [-0.3, -0.25) is 4.79 Å². The lowest BCUT2D eigenvalue weighted by atomic mass is 9.98. The summed E-state index contributed by atoms with van der Waals surface area (Å²) in [6.45, 7) is 8.12. The van der Waals surface area contributed by atoms with E-state index in [1.807, 2.05) is 6.92 Å². The zero-order valence-corrected chi connectivity index (χ0v) is 14.0. The molecule has 0 aliphatic heterocycles. The highest BCUT2D eigenvalue weighted by Crippen LogP contribution is 2.15. The van der Waals surface area contributed by atoms with Crippen LogP contribution in [0, 0.1) is 5.92 Å². The molecule has 2 atom stereocenters. The molecule has 20 heavy (non-hydrogen) atoms. The number of hydrogen-bond acceptors (Lipinski definition) is 2. The molecule has 0 aliphatic rings. The number of carboxylic acid groups (broad SMARTS) is 1. The molecule has 3 nitrogen and oxygen atoms in total. The first-order valence-corrected chi connectivity index (χ1v) is 8.33. The van der Waals surface area contributed by atoms with Crippen LogP contribution in [0.4, 0.5) is 0 Å². The summed E-state index contributed by atoms with van der Waals surface area (Å²) in [5.41, 5.74) is 0. The normalized spacial score (nSPS) is 13.2. The summed E-state index contributed by atoms with van der Waals surface area (Å²) >= 11 is 0. The molecule has 0 saturated carbocycles. The standard InChI is InChI=1S/C14H30O.C3H6O2/c1-4-10-13(2)11-8-6-5-7-9-12-14(3)15;1-2-3(4)5/h13-15H,4-12H2,1-3H3;2H2,1H3,(H,4,5). The van der Waals surface area contributed by atoms with E-state index < -0.39 is 5.97 Å². The van der Waals surface area contributed by atoms with Gasteiger partial charge in [0.15, 0.2) is 0 Å². The minimum absolute atomic E-state index is 0.102. The van der Waals surface area contributed by atoms with Crippen LogP contribution < -0.4 is 0 Å². The topological polar surface area (TPSA) is 57.5 Å². The van der Waals surface area contributed by atoms with E-state index in [1.54, 1.807) is 6.92 Å². The molecule has 3 heteroatoms. The van der Waals surface area contributed by atoms with Gasteiger partial charge in [-0.25, -0.2) is 0 Å². The SMILES string of the molecule is CCC(=O)O.CCCC(C)CCCCCCCC(C)O. The largest absolute Gasteiger partial charge is 0.481 e. The van der Waals surface area contributed by atoms with Gasteiger partial charge in [-0.1, -0.05) is 72.1 Å². The predicted molar refractivity (Wildman–Crippen MR) is 86.0 cm³/mol. The van der Waals surface area contributed by atoms with Gasteiger partial charge < -0.3 is 10.2 Å². The van der Waals surface area contributed by atoms with E-state index in [-0.39, 0.29) is 12.5 Å². The predicted octanol–water partition coefficient (Wildman–Crippen LogP) is 5.02. The number of carbonyl (C=O) groups is 1. The molecule has 0 radical (unpaired) electrons. The fraction of sp³-hybridized carbons (Fsp3) is 0.941. The van der Waals surface area contributed by atoms with E-state index in [9.17, 15) is 4.79 Å². The minimum Gasteiger partial charge on any atom is -0.481 e. The Labute approximate surface area is 125 Å². The Morgan fingerprint density at radius 1 is 0.900 bits per heavy atom. The quantitative estimate of drug-likeness (QED) is 0.525. The third-order valence-electron chi connectivity index (χ3n) is 3.40. The molecule has 2 N–H and O–H groups in total. The van der Waals surface area contributed by atoms with Crippen LogP contribution in [0.15, 0.2) is 0 Å². The van der Waals surface area contributed by atoms with Crippen molar-refractivity contribution in [3.8, 4) is 0 Å². The molecule has 0 aromatic carbocycles. The minimum atomic E-state index is -0.745. The van der Waals surface area contributed by atoms with E-state index in [2.05, 4.69) is 13.8 Å². The molecule has 2 unspecified atom stereocenters. The van der Waals surface area contributed by atoms with Gasteiger partial charge in [0, 0.05) is 6.42 Å². The van der Waals surface area contributed by atoms with Gasteiger partial charge in [-0.15, -0.1) is 0 Å². The summed E-state index contributed by atoms with van der Waals surface area (Å²) in [5.74, 6) is 0.178. The van der Waals surface area contributed by atoms with Crippen LogP contribution in [-0.4, -0.2) is 22.3 Å². The first kappa shape index (κ1) is 21.7. The number of aliphatic hydroxyl groups is 1. The molecule has 0 bridgehead atoms. The van der Waals surface area contributed by atoms with Crippen LogP contribution in [-0.2, 0) is 4.79 Å².